The fourth-order valence-electron chi connectivity index (χ4n) is 2.22. The summed E-state index contributed by atoms with van der Waals surface area (Å²) in [6, 6.07) is -0.910. The molecular formula is C11H15FN2O5. The lowest BCUT2D eigenvalue weighted by atomic mass is 9.90. The Bertz CT molecular complexity index is 408. The van der Waals surface area contributed by atoms with E-state index in [2.05, 4.69) is 10.1 Å². The average Bonchev–Trinajstić information content (AvgIpc) is 2.61. The average molecular weight is 274 g/mol. The molecule has 0 bridgehead atoms. The van der Waals surface area contributed by atoms with Crippen LogP contribution in [0, 0.1) is 0 Å². The quantitative estimate of drug-likeness (QED) is 0.443. The summed E-state index contributed by atoms with van der Waals surface area (Å²) in [5.41, 5.74) is -1.15. The molecule has 106 valence electrons. The summed E-state index contributed by atoms with van der Waals surface area (Å²) in [5, 5.41) is 2.46. The zero-order chi connectivity index (χ0) is 14.0. The van der Waals surface area contributed by atoms with E-state index in [0.29, 0.717) is 18.1 Å². The van der Waals surface area contributed by atoms with Crippen molar-refractivity contribution in [1.29, 1.82) is 0 Å². The van der Waals surface area contributed by atoms with Gasteiger partial charge in [-0.3, -0.25) is 4.79 Å². The van der Waals surface area contributed by atoms with Gasteiger partial charge in [0.15, 0.2) is 0 Å². The number of nitrogens with one attached hydrogen (secondary N) is 1. The number of hydrogen-bond donors (Lipinski definition) is 1. The summed E-state index contributed by atoms with van der Waals surface area (Å²) in [4.78, 5) is 35.5. The van der Waals surface area contributed by atoms with Crippen LogP contribution in [0.2, 0.25) is 0 Å². The van der Waals surface area contributed by atoms with Crippen molar-refractivity contribution < 1.29 is 28.2 Å². The van der Waals surface area contributed by atoms with E-state index in [4.69, 9.17) is 4.74 Å². The van der Waals surface area contributed by atoms with Crippen molar-refractivity contribution in [1.82, 2.24) is 10.2 Å². The van der Waals surface area contributed by atoms with Crippen molar-refractivity contribution >= 4 is 17.9 Å². The first-order chi connectivity index (χ1) is 9.02. The molecule has 0 aromatic heterocycles. The molecule has 2 fully saturated rings. The molecule has 0 aromatic rings. The molecule has 0 saturated carbocycles. The summed E-state index contributed by atoms with van der Waals surface area (Å²) in [5.74, 6) is -1.98. The molecule has 0 aromatic carbocycles. The number of nitrogens with zero attached hydrogens (tertiary/aromatic N) is 1. The molecule has 1 atom stereocenters. The highest BCUT2D eigenvalue weighted by molar-refractivity contribution is 6.09. The lowest BCUT2D eigenvalue weighted by Gasteiger charge is -2.30. The van der Waals surface area contributed by atoms with E-state index in [9.17, 15) is 18.8 Å². The van der Waals surface area contributed by atoms with E-state index >= 15 is 0 Å². The third-order valence-corrected chi connectivity index (χ3v) is 3.25. The van der Waals surface area contributed by atoms with Gasteiger partial charge in [0, 0.05) is 26.1 Å². The SMILES string of the molecule is CCOC(=O)C(F)N1C(=O)NC2(CCOCC2)C1=O. The number of esters is 1. The number of urea groups is 1. The minimum atomic E-state index is -2.41. The monoisotopic (exact) mass is 274 g/mol. The normalized spacial score (nSPS) is 23.4. The van der Waals surface area contributed by atoms with E-state index in [0.717, 1.165) is 0 Å². The number of halogens is 1. The number of ether oxygens (including phenoxy) is 2. The maximum Gasteiger partial charge on any atom is 0.362 e. The van der Waals surface area contributed by atoms with Crippen LogP contribution in [0.25, 0.3) is 0 Å². The Morgan fingerprint density at radius 3 is 2.74 bits per heavy atom. The number of hydrogen-bond acceptors (Lipinski definition) is 5. The Morgan fingerprint density at radius 2 is 2.16 bits per heavy atom. The second kappa shape index (κ2) is 5.12. The van der Waals surface area contributed by atoms with Crippen molar-refractivity contribution in [3.63, 3.8) is 0 Å². The number of rotatable bonds is 3. The third kappa shape index (κ3) is 2.27. The number of carbonyl (C=O) groups is 3. The van der Waals surface area contributed by atoms with Crippen LogP contribution in [0.3, 0.4) is 0 Å². The van der Waals surface area contributed by atoms with Gasteiger partial charge >= 0.3 is 12.0 Å². The van der Waals surface area contributed by atoms with Gasteiger partial charge in [-0.05, 0) is 6.92 Å². The molecule has 3 amide bonds. The second-order valence-electron chi connectivity index (χ2n) is 4.39. The van der Waals surface area contributed by atoms with Crippen molar-refractivity contribution in [2.75, 3.05) is 19.8 Å². The first kappa shape index (κ1) is 13.7. The molecule has 2 heterocycles. The lowest BCUT2D eigenvalue weighted by Crippen LogP contribution is -2.52. The zero-order valence-electron chi connectivity index (χ0n) is 10.5. The van der Waals surface area contributed by atoms with Crippen LogP contribution in [0.5, 0.6) is 0 Å². The van der Waals surface area contributed by atoms with Crippen LogP contribution >= 0.6 is 0 Å². The van der Waals surface area contributed by atoms with Gasteiger partial charge in [0.25, 0.3) is 12.2 Å². The highest BCUT2D eigenvalue weighted by atomic mass is 19.1. The smallest absolute Gasteiger partial charge is 0.362 e. The fraction of sp³-hybridized carbons (Fsp3) is 0.727. The first-order valence-corrected chi connectivity index (χ1v) is 6.06. The molecule has 0 radical (unpaired) electrons. The second-order valence-corrected chi connectivity index (χ2v) is 4.39. The Labute approximate surface area is 109 Å². The van der Waals surface area contributed by atoms with E-state index in [1.165, 1.54) is 6.92 Å². The Balaban J connectivity index is 2.16. The van der Waals surface area contributed by atoms with Crippen molar-refractivity contribution in [2.24, 2.45) is 0 Å². The highest BCUT2D eigenvalue weighted by Gasteiger charge is 2.55. The number of amides is 3. The minimum Gasteiger partial charge on any atom is -0.462 e. The maximum absolute atomic E-state index is 13.9. The van der Waals surface area contributed by atoms with Gasteiger partial charge in [-0.15, -0.1) is 0 Å². The van der Waals surface area contributed by atoms with Crippen molar-refractivity contribution in [2.45, 2.75) is 31.6 Å². The molecule has 1 unspecified atom stereocenters. The molecule has 2 aliphatic heterocycles. The number of carbonyl (C=O) groups excluding carboxylic acids is 3. The standard InChI is InChI=1S/C11H15FN2O5/c1-2-19-8(15)7(12)14-9(16)11(13-10(14)17)3-5-18-6-4-11/h7H,2-6H2,1H3,(H,13,17). The van der Waals surface area contributed by atoms with Crippen LogP contribution in [-0.2, 0) is 19.1 Å². The van der Waals surface area contributed by atoms with Gasteiger partial charge in [0.2, 0.25) is 0 Å². The predicted molar refractivity (Wildman–Crippen MR) is 59.7 cm³/mol. The van der Waals surface area contributed by atoms with Gasteiger partial charge in [0.05, 0.1) is 6.61 Å². The van der Waals surface area contributed by atoms with Crippen LogP contribution in [-0.4, -0.2) is 54.5 Å². The fourth-order valence-corrected chi connectivity index (χ4v) is 2.22. The van der Waals surface area contributed by atoms with E-state index in [-0.39, 0.29) is 19.4 Å². The summed E-state index contributed by atoms with van der Waals surface area (Å²) < 4.78 is 23.5. The van der Waals surface area contributed by atoms with Crippen molar-refractivity contribution in [3.05, 3.63) is 0 Å². The van der Waals surface area contributed by atoms with Gasteiger partial charge in [0.1, 0.15) is 5.54 Å². The van der Waals surface area contributed by atoms with E-state index in [1.807, 2.05) is 0 Å². The molecule has 1 N–H and O–H groups in total. The van der Waals surface area contributed by atoms with Gasteiger partial charge < -0.3 is 14.8 Å². The third-order valence-electron chi connectivity index (χ3n) is 3.25. The van der Waals surface area contributed by atoms with Gasteiger partial charge in [-0.2, -0.15) is 0 Å². The topological polar surface area (TPSA) is 84.9 Å². The summed E-state index contributed by atoms with van der Waals surface area (Å²) in [6.45, 7) is 2.09. The molecule has 8 heteroatoms. The summed E-state index contributed by atoms with van der Waals surface area (Å²) >= 11 is 0. The van der Waals surface area contributed by atoms with E-state index in [1.54, 1.807) is 0 Å². The molecular weight excluding hydrogens is 259 g/mol. The van der Waals surface area contributed by atoms with Gasteiger partial charge in [-0.1, -0.05) is 0 Å². The van der Waals surface area contributed by atoms with Crippen LogP contribution in [0.15, 0.2) is 0 Å². The van der Waals surface area contributed by atoms with Gasteiger partial charge in [-0.25, -0.2) is 18.9 Å². The number of alkyl halides is 1. The largest absolute Gasteiger partial charge is 0.462 e. The lowest BCUT2D eigenvalue weighted by molar-refractivity contribution is -0.160. The molecule has 1 spiro atoms. The Morgan fingerprint density at radius 1 is 1.53 bits per heavy atom. The first-order valence-electron chi connectivity index (χ1n) is 6.06. The summed E-state index contributed by atoms with van der Waals surface area (Å²) in [6.07, 6.45) is -1.87. The molecule has 2 aliphatic rings. The maximum atomic E-state index is 13.9. The van der Waals surface area contributed by atoms with Crippen LogP contribution < -0.4 is 5.32 Å². The molecule has 7 nitrogen and oxygen atoms in total. The minimum absolute atomic E-state index is 0.0259. The Hall–Kier alpha value is -1.70. The van der Waals surface area contributed by atoms with E-state index < -0.39 is 29.7 Å². The highest BCUT2D eigenvalue weighted by Crippen LogP contribution is 2.30. The number of imide groups is 1. The molecule has 19 heavy (non-hydrogen) atoms. The van der Waals surface area contributed by atoms with Crippen LogP contribution in [0.4, 0.5) is 9.18 Å². The van der Waals surface area contributed by atoms with Crippen molar-refractivity contribution in [3.8, 4) is 0 Å². The summed E-state index contributed by atoms with van der Waals surface area (Å²) in [7, 11) is 0. The van der Waals surface area contributed by atoms with Crippen LogP contribution in [0.1, 0.15) is 19.8 Å². The zero-order valence-corrected chi connectivity index (χ0v) is 10.5. The molecule has 2 saturated heterocycles. The Kier molecular flexibility index (Phi) is 3.70. The predicted octanol–water partition coefficient (Wildman–Crippen LogP) is -0.0539. The molecule has 2 rings (SSSR count). The molecule has 0 aliphatic carbocycles.